The van der Waals surface area contributed by atoms with Gasteiger partial charge in [0.25, 0.3) is 0 Å². The second-order valence-electron chi connectivity index (χ2n) is 2.70. The highest BCUT2D eigenvalue weighted by atomic mass is 79.9. The summed E-state index contributed by atoms with van der Waals surface area (Å²) in [6.45, 7) is 0. The standard InChI is InChI=1S/C10H11BrOS/c1-13-10-4-2-3-8(6-10)5-9(12)7-11/h2-4,6H,5,7H2,1H3. The zero-order valence-electron chi connectivity index (χ0n) is 7.42. The maximum Gasteiger partial charge on any atom is 0.147 e. The van der Waals surface area contributed by atoms with Crippen LogP contribution in [0.3, 0.4) is 0 Å². The summed E-state index contributed by atoms with van der Waals surface area (Å²) in [7, 11) is 0. The van der Waals surface area contributed by atoms with E-state index in [1.54, 1.807) is 11.8 Å². The second kappa shape index (κ2) is 5.45. The Kier molecular flexibility index (Phi) is 4.53. The Morgan fingerprint density at radius 2 is 2.31 bits per heavy atom. The van der Waals surface area contributed by atoms with Crippen LogP contribution in [0.1, 0.15) is 5.56 Å². The third kappa shape index (κ3) is 3.53. The molecule has 13 heavy (non-hydrogen) atoms. The first-order valence-corrected chi connectivity index (χ1v) is 6.31. The summed E-state index contributed by atoms with van der Waals surface area (Å²) >= 11 is 4.85. The summed E-state index contributed by atoms with van der Waals surface area (Å²) in [4.78, 5) is 12.3. The van der Waals surface area contributed by atoms with Gasteiger partial charge in [0.1, 0.15) is 5.78 Å². The van der Waals surface area contributed by atoms with Crippen LogP contribution in [-0.2, 0) is 11.2 Å². The normalized spacial score (nSPS) is 10.0. The molecule has 0 aliphatic heterocycles. The third-order valence-corrected chi connectivity index (χ3v) is 3.04. The van der Waals surface area contributed by atoms with Crippen LogP contribution in [0.4, 0.5) is 0 Å². The van der Waals surface area contributed by atoms with Crippen LogP contribution < -0.4 is 0 Å². The van der Waals surface area contributed by atoms with E-state index in [-0.39, 0.29) is 5.78 Å². The van der Waals surface area contributed by atoms with E-state index in [2.05, 4.69) is 22.0 Å². The van der Waals surface area contributed by atoms with E-state index in [9.17, 15) is 4.79 Å². The summed E-state index contributed by atoms with van der Waals surface area (Å²) in [6, 6.07) is 8.08. The van der Waals surface area contributed by atoms with Crippen molar-refractivity contribution in [1.29, 1.82) is 0 Å². The van der Waals surface area contributed by atoms with Gasteiger partial charge in [0.2, 0.25) is 0 Å². The summed E-state index contributed by atoms with van der Waals surface area (Å²) in [5, 5.41) is 0.441. The predicted molar refractivity (Wildman–Crippen MR) is 60.7 cm³/mol. The fraction of sp³-hybridized carbons (Fsp3) is 0.300. The molecule has 0 amide bonds. The number of thioether (sulfide) groups is 1. The molecule has 1 aromatic carbocycles. The van der Waals surface area contributed by atoms with Gasteiger partial charge in [-0.3, -0.25) is 4.79 Å². The number of alkyl halides is 1. The van der Waals surface area contributed by atoms with E-state index >= 15 is 0 Å². The molecule has 1 aromatic rings. The van der Waals surface area contributed by atoms with Gasteiger partial charge >= 0.3 is 0 Å². The Bertz CT molecular complexity index is 299. The van der Waals surface area contributed by atoms with Crippen molar-refractivity contribution in [3.05, 3.63) is 29.8 Å². The molecule has 0 saturated heterocycles. The van der Waals surface area contributed by atoms with Crippen molar-refractivity contribution in [3.63, 3.8) is 0 Å². The number of benzene rings is 1. The van der Waals surface area contributed by atoms with Crippen molar-refractivity contribution in [2.45, 2.75) is 11.3 Å². The first-order valence-electron chi connectivity index (χ1n) is 3.97. The maximum absolute atomic E-state index is 11.1. The molecule has 1 nitrogen and oxygen atoms in total. The van der Waals surface area contributed by atoms with Crippen LogP contribution in [0.25, 0.3) is 0 Å². The van der Waals surface area contributed by atoms with Gasteiger partial charge in [0.05, 0.1) is 5.33 Å². The first-order chi connectivity index (χ1) is 6.26. The maximum atomic E-state index is 11.1. The fourth-order valence-corrected chi connectivity index (χ4v) is 1.74. The predicted octanol–water partition coefficient (Wildman–Crippen LogP) is 2.92. The summed E-state index contributed by atoms with van der Waals surface area (Å²) in [5.41, 5.74) is 1.09. The first kappa shape index (κ1) is 10.8. The van der Waals surface area contributed by atoms with Gasteiger partial charge in [-0.15, -0.1) is 11.8 Å². The minimum atomic E-state index is 0.221. The smallest absolute Gasteiger partial charge is 0.147 e. The van der Waals surface area contributed by atoms with E-state index in [1.807, 2.05) is 24.5 Å². The topological polar surface area (TPSA) is 17.1 Å². The average Bonchev–Trinajstić information content (AvgIpc) is 2.18. The Balaban J connectivity index is 2.71. The van der Waals surface area contributed by atoms with Crippen LogP contribution >= 0.6 is 27.7 Å². The third-order valence-electron chi connectivity index (χ3n) is 1.68. The van der Waals surface area contributed by atoms with Crippen LogP contribution in [0.5, 0.6) is 0 Å². The molecule has 0 bridgehead atoms. The van der Waals surface area contributed by atoms with Gasteiger partial charge in [-0.2, -0.15) is 0 Å². The molecule has 0 fully saturated rings. The lowest BCUT2D eigenvalue weighted by Crippen LogP contribution is -2.03. The van der Waals surface area contributed by atoms with Gasteiger partial charge in [0.15, 0.2) is 0 Å². The van der Waals surface area contributed by atoms with Crippen molar-refractivity contribution in [2.75, 3.05) is 11.6 Å². The van der Waals surface area contributed by atoms with E-state index < -0.39 is 0 Å². The largest absolute Gasteiger partial charge is 0.298 e. The van der Waals surface area contributed by atoms with Crippen LogP contribution in [0.2, 0.25) is 0 Å². The molecule has 0 aliphatic carbocycles. The lowest BCUT2D eigenvalue weighted by atomic mass is 10.1. The zero-order valence-corrected chi connectivity index (χ0v) is 9.82. The number of carbonyl (C=O) groups excluding carboxylic acids is 1. The highest BCUT2D eigenvalue weighted by molar-refractivity contribution is 9.09. The van der Waals surface area contributed by atoms with Gasteiger partial charge in [0, 0.05) is 11.3 Å². The molecular weight excluding hydrogens is 248 g/mol. The lowest BCUT2D eigenvalue weighted by Gasteiger charge is -2.00. The SMILES string of the molecule is CSc1cccc(CC(=O)CBr)c1. The van der Waals surface area contributed by atoms with E-state index in [4.69, 9.17) is 0 Å². The fourth-order valence-electron chi connectivity index (χ4n) is 1.06. The van der Waals surface area contributed by atoms with E-state index in [0.29, 0.717) is 11.8 Å². The van der Waals surface area contributed by atoms with Crippen molar-refractivity contribution in [3.8, 4) is 0 Å². The number of halogens is 1. The summed E-state index contributed by atoms with van der Waals surface area (Å²) in [5.74, 6) is 0.221. The van der Waals surface area contributed by atoms with E-state index in [1.165, 1.54) is 4.90 Å². The molecule has 0 aromatic heterocycles. The molecule has 0 N–H and O–H groups in total. The van der Waals surface area contributed by atoms with Crippen molar-refractivity contribution >= 4 is 33.5 Å². The number of rotatable bonds is 4. The highest BCUT2D eigenvalue weighted by Crippen LogP contribution is 2.16. The minimum absolute atomic E-state index is 0.221. The molecule has 1 rings (SSSR count). The van der Waals surface area contributed by atoms with Crippen molar-refractivity contribution in [1.82, 2.24) is 0 Å². The number of Topliss-reactive ketones (excluding diaryl/α,β-unsaturated/α-hetero) is 1. The number of hydrogen-bond acceptors (Lipinski definition) is 2. The van der Waals surface area contributed by atoms with Crippen molar-refractivity contribution in [2.24, 2.45) is 0 Å². The van der Waals surface area contributed by atoms with Crippen LogP contribution in [0.15, 0.2) is 29.2 Å². The Hall–Kier alpha value is -0.280. The monoisotopic (exact) mass is 258 g/mol. The van der Waals surface area contributed by atoms with E-state index in [0.717, 1.165) is 5.56 Å². The molecular formula is C10H11BrOS. The number of ketones is 1. The molecule has 0 saturated carbocycles. The molecule has 0 heterocycles. The molecule has 0 atom stereocenters. The lowest BCUT2D eigenvalue weighted by molar-refractivity contribution is -0.115. The Morgan fingerprint density at radius 3 is 2.92 bits per heavy atom. The highest BCUT2D eigenvalue weighted by Gasteiger charge is 2.01. The second-order valence-corrected chi connectivity index (χ2v) is 4.14. The van der Waals surface area contributed by atoms with Crippen molar-refractivity contribution < 1.29 is 4.79 Å². The van der Waals surface area contributed by atoms with Gasteiger partial charge < -0.3 is 0 Å². The average molecular weight is 259 g/mol. The zero-order chi connectivity index (χ0) is 9.68. The van der Waals surface area contributed by atoms with Gasteiger partial charge in [-0.05, 0) is 24.0 Å². The van der Waals surface area contributed by atoms with Crippen LogP contribution in [0, 0.1) is 0 Å². The number of carbonyl (C=O) groups is 1. The molecule has 3 heteroatoms. The summed E-state index contributed by atoms with van der Waals surface area (Å²) < 4.78 is 0. The number of hydrogen-bond donors (Lipinski definition) is 0. The van der Waals surface area contributed by atoms with Gasteiger partial charge in [-0.1, -0.05) is 28.1 Å². The molecule has 0 aliphatic rings. The summed E-state index contributed by atoms with van der Waals surface area (Å²) in [6.07, 6.45) is 2.56. The quantitative estimate of drug-likeness (QED) is 0.611. The molecule has 70 valence electrons. The van der Waals surface area contributed by atoms with Gasteiger partial charge in [-0.25, -0.2) is 0 Å². The Labute approximate surface area is 91.0 Å². The molecule has 0 spiro atoms. The Morgan fingerprint density at radius 1 is 1.54 bits per heavy atom. The van der Waals surface area contributed by atoms with Crippen LogP contribution in [-0.4, -0.2) is 17.4 Å². The molecule has 0 unspecified atom stereocenters. The minimum Gasteiger partial charge on any atom is -0.298 e. The molecule has 0 radical (unpaired) electrons.